The molecule has 3 aromatic rings. The lowest BCUT2D eigenvalue weighted by Crippen LogP contribution is -2.23. The van der Waals surface area contributed by atoms with E-state index in [0.717, 1.165) is 40.5 Å². The molecule has 0 fully saturated rings. The highest BCUT2D eigenvalue weighted by molar-refractivity contribution is 7.10. The van der Waals surface area contributed by atoms with E-state index in [1.165, 1.54) is 4.88 Å². The van der Waals surface area contributed by atoms with Crippen molar-refractivity contribution >= 4 is 22.7 Å². The van der Waals surface area contributed by atoms with Crippen LogP contribution in [0.3, 0.4) is 0 Å². The van der Waals surface area contributed by atoms with E-state index in [0.29, 0.717) is 6.61 Å². The Bertz CT molecular complexity index is 815. The van der Waals surface area contributed by atoms with E-state index < -0.39 is 0 Å². The predicted octanol–water partition coefficient (Wildman–Crippen LogP) is 4.74. The summed E-state index contributed by atoms with van der Waals surface area (Å²) >= 11 is 3.50. The van der Waals surface area contributed by atoms with Gasteiger partial charge in [-0.2, -0.15) is 0 Å². The van der Waals surface area contributed by atoms with Gasteiger partial charge in [-0.1, -0.05) is 12.1 Å². The van der Waals surface area contributed by atoms with E-state index in [1.807, 2.05) is 19.1 Å². The summed E-state index contributed by atoms with van der Waals surface area (Å²) in [6.07, 6.45) is 0.935. The summed E-state index contributed by atoms with van der Waals surface area (Å²) in [7, 11) is 3.42. The summed E-state index contributed by atoms with van der Waals surface area (Å²) in [5.41, 5.74) is 3.35. The third-order valence-corrected chi connectivity index (χ3v) is 6.09. The van der Waals surface area contributed by atoms with Crippen LogP contribution in [-0.2, 0) is 24.3 Å². The van der Waals surface area contributed by atoms with Gasteiger partial charge >= 0.3 is 0 Å². The van der Waals surface area contributed by atoms with Crippen molar-refractivity contribution in [2.24, 2.45) is 0 Å². The number of aryl methyl sites for hydroxylation is 1. The number of rotatable bonds is 9. The number of ether oxygens (including phenoxy) is 2. The van der Waals surface area contributed by atoms with Crippen LogP contribution in [0.15, 0.2) is 41.1 Å². The van der Waals surface area contributed by atoms with Gasteiger partial charge in [-0.05, 0) is 36.1 Å². The van der Waals surface area contributed by atoms with E-state index in [9.17, 15) is 0 Å². The van der Waals surface area contributed by atoms with Crippen molar-refractivity contribution in [1.82, 2.24) is 10.3 Å². The second kappa shape index (κ2) is 9.28. The number of methoxy groups -OCH3 is 2. The summed E-state index contributed by atoms with van der Waals surface area (Å²) in [4.78, 5) is 6.06. The van der Waals surface area contributed by atoms with Gasteiger partial charge in [-0.25, -0.2) is 4.98 Å². The number of thiophene rings is 1. The Hall–Kier alpha value is -1.73. The highest BCUT2D eigenvalue weighted by atomic mass is 32.1. The SMILES string of the molecule is COCc1ccc(OC)c(CN[C@H](Cc2cccs2)c2nc(C)cs2)c1. The maximum absolute atomic E-state index is 5.53. The highest BCUT2D eigenvalue weighted by Crippen LogP contribution is 2.26. The minimum absolute atomic E-state index is 0.183. The zero-order valence-electron chi connectivity index (χ0n) is 15.3. The summed E-state index contributed by atoms with van der Waals surface area (Å²) < 4.78 is 10.8. The molecule has 0 unspecified atom stereocenters. The topological polar surface area (TPSA) is 43.4 Å². The van der Waals surface area contributed by atoms with Gasteiger partial charge in [-0.15, -0.1) is 22.7 Å². The fraction of sp³-hybridized carbons (Fsp3) is 0.350. The Morgan fingerprint density at radius 1 is 1.19 bits per heavy atom. The first-order valence-electron chi connectivity index (χ1n) is 8.52. The first-order valence-corrected chi connectivity index (χ1v) is 10.3. The minimum atomic E-state index is 0.183. The lowest BCUT2D eigenvalue weighted by molar-refractivity contribution is 0.184. The van der Waals surface area contributed by atoms with Gasteiger partial charge in [0.05, 0.1) is 19.8 Å². The quantitative estimate of drug-likeness (QED) is 0.575. The second-order valence-corrected chi connectivity index (χ2v) is 8.05. The molecule has 1 N–H and O–H groups in total. The molecule has 0 spiro atoms. The largest absolute Gasteiger partial charge is 0.496 e. The molecule has 0 aliphatic heterocycles. The molecule has 0 saturated carbocycles. The Balaban J connectivity index is 1.77. The van der Waals surface area contributed by atoms with Crippen molar-refractivity contribution in [1.29, 1.82) is 0 Å². The van der Waals surface area contributed by atoms with Gasteiger partial charge in [0.15, 0.2) is 0 Å². The Morgan fingerprint density at radius 2 is 2.08 bits per heavy atom. The van der Waals surface area contributed by atoms with Crippen molar-refractivity contribution < 1.29 is 9.47 Å². The van der Waals surface area contributed by atoms with Crippen molar-refractivity contribution in [2.45, 2.75) is 32.5 Å². The molecule has 1 aromatic carbocycles. The highest BCUT2D eigenvalue weighted by Gasteiger charge is 2.17. The number of benzene rings is 1. The van der Waals surface area contributed by atoms with E-state index in [-0.39, 0.29) is 6.04 Å². The number of hydrogen-bond donors (Lipinski definition) is 1. The molecule has 3 rings (SSSR count). The zero-order chi connectivity index (χ0) is 18.4. The van der Waals surface area contributed by atoms with Crippen molar-refractivity contribution in [2.75, 3.05) is 14.2 Å². The van der Waals surface area contributed by atoms with E-state index >= 15 is 0 Å². The first-order chi connectivity index (χ1) is 12.7. The van der Waals surface area contributed by atoms with Gasteiger partial charge in [-0.3, -0.25) is 0 Å². The maximum atomic E-state index is 5.53. The summed E-state index contributed by atoms with van der Waals surface area (Å²) in [5.74, 6) is 0.891. The third kappa shape index (κ3) is 4.92. The van der Waals surface area contributed by atoms with Crippen LogP contribution in [0.5, 0.6) is 5.75 Å². The molecular weight excluding hydrogens is 364 g/mol. The zero-order valence-corrected chi connectivity index (χ0v) is 17.0. The van der Waals surface area contributed by atoms with Crippen LogP contribution in [0.25, 0.3) is 0 Å². The van der Waals surface area contributed by atoms with Crippen LogP contribution in [0, 0.1) is 6.92 Å². The van der Waals surface area contributed by atoms with E-state index in [1.54, 1.807) is 36.9 Å². The number of nitrogens with one attached hydrogen (secondary N) is 1. The molecule has 6 heteroatoms. The van der Waals surface area contributed by atoms with Crippen LogP contribution in [-0.4, -0.2) is 19.2 Å². The standard InChI is InChI=1S/C20H24N2O2S2/c1-14-13-26-20(22-14)18(10-17-5-4-8-25-17)21-11-16-9-15(12-23-2)6-7-19(16)24-3/h4-9,13,18,21H,10-12H2,1-3H3/t18-/m1/s1. The molecule has 0 aliphatic carbocycles. The van der Waals surface area contributed by atoms with Gasteiger partial charge in [0.25, 0.3) is 0 Å². The first kappa shape index (κ1) is 19.0. The molecule has 138 valence electrons. The molecular formula is C20H24N2O2S2. The van der Waals surface area contributed by atoms with Crippen molar-refractivity contribution in [3.63, 3.8) is 0 Å². The molecule has 0 bridgehead atoms. The lowest BCUT2D eigenvalue weighted by atomic mass is 10.1. The molecule has 0 radical (unpaired) electrons. The smallest absolute Gasteiger partial charge is 0.123 e. The summed E-state index contributed by atoms with van der Waals surface area (Å²) in [5, 5.41) is 9.04. The molecule has 2 heterocycles. The normalized spacial score (nSPS) is 12.3. The summed E-state index contributed by atoms with van der Waals surface area (Å²) in [6.45, 7) is 3.36. The molecule has 0 aliphatic rings. The van der Waals surface area contributed by atoms with Gasteiger partial charge in [0, 0.05) is 41.6 Å². The van der Waals surface area contributed by atoms with E-state index in [4.69, 9.17) is 14.5 Å². The summed E-state index contributed by atoms with van der Waals surface area (Å²) in [6, 6.07) is 10.7. The maximum Gasteiger partial charge on any atom is 0.123 e. The lowest BCUT2D eigenvalue weighted by Gasteiger charge is -2.18. The van der Waals surface area contributed by atoms with Crippen LogP contribution >= 0.6 is 22.7 Å². The molecule has 2 aromatic heterocycles. The average Bonchev–Trinajstić information content (AvgIpc) is 3.30. The molecule has 26 heavy (non-hydrogen) atoms. The number of thiazole rings is 1. The third-order valence-electron chi connectivity index (χ3n) is 4.12. The number of hydrogen-bond acceptors (Lipinski definition) is 6. The van der Waals surface area contributed by atoms with Crippen LogP contribution in [0.1, 0.15) is 32.7 Å². The molecule has 0 saturated heterocycles. The Morgan fingerprint density at radius 3 is 2.73 bits per heavy atom. The van der Waals surface area contributed by atoms with Crippen molar-refractivity contribution in [3.8, 4) is 5.75 Å². The van der Waals surface area contributed by atoms with Crippen LogP contribution in [0.4, 0.5) is 0 Å². The average molecular weight is 389 g/mol. The fourth-order valence-corrected chi connectivity index (χ4v) is 4.49. The molecule has 0 amide bonds. The van der Waals surface area contributed by atoms with Crippen LogP contribution < -0.4 is 10.1 Å². The molecule has 1 atom stereocenters. The predicted molar refractivity (Wildman–Crippen MR) is 108 cm³/mol. The van der Waals surface area contributed by atoms with Gasteiger partial charge in [0.2, 0.25) is 0 Å². The van der Waals surface area contributed by atoms with Gasteiger partial charge < -0.3 is 14.8 Å². The van der Waals surface area contributed by atoms with Gasteiger partial charge in [0.1, 0.15) is 10.8 Å². The van der Waals surface area contributed by atoms with E-state index in [2.05, 4.69) is 34.3 Å². The van der Waals surface area contributed by atoms with Crippen LogP contribution in [0.2, 0.25) is 0 Å². The second-order valence-electron chi connectivity index (χ2n) is 6.12. The van der Waals surface area contributed by atoms with Crippen molar-refractivity contribution in [3.05, 3.63) is 67.8 Å². The number of aromatic nitrogens is 1. The fourth-order valence-electron chi connectivity index (χ4n) is 2.87. The Labute approximate surface area is 162 Å². The minimum Gasteiger partial charge on any atom is -0.496 e. The molecule has 4 nitrogen and oxygen atoms in total. The number of nitrogens with zero attached hydrogens (tertiary/aromatic N) is 1. The monoisotopic (exact) mass is 388 g/mol. The Kier molecular flexibility index (Phi) is 6.80.